The van der Waals surface area contributed by atoms with Crippen molar-refractivity contribution in [3.05, 3.63) is 0 Å². The molecule has 0 amide bonds. The van der Waals surface area contributed by atoms with Gasteiger partial charge in [-0.05, 0) is 0 Å². The van der Waals surface area contributed by atoms with E-state index in [1.165, 1.54) is 0 Å². The second-order valence-corrected chi connectivity index (χ2v) is 4.10. The molecule has 0 aromatic heterocycles. The van der Waals surface area contributed by atoms with Crippen LogP contribution in [0.1, 0.15) is 0 Å². The Kier molecular flexibility index (Phi) is 1.26. The van der Waals surface area contributed by atoms with Gasteiger partial charge < -0.3 is 0 Å². The average molecular weight is 95.1 g/mol. The van der Waals surface area contributed by atoms with Gasteiger partial charge in [0.1, 0.15) is 0 Å². The molecule has 0 atom stereocenters. The number of hydrogen-bond acceptors (Lipinski definition) is 3. The van der Waals surface area contributed by atoms with Gasteiger partial charge in [0.2, 0.25) is 0 Å². The number of hydrogen-bond donors (Lipinski definition) is 3. The van der Waals surface area contributed by atoms with Crippen molar-refractivity contribution in [3.63, 3.8) is 0 Å². The van der Waals surface area contributed by atoms with Gasteiger partial charge in [0.05, 0.1) is 0 Å². The van der Waals surface area contributed by atoms with Crippen molar-refractivity contribution >= 4 is 7.71 Å². The molecule has 0 aromatic rings. The maximum atomic E-state index is 5.05. The molecule has 6 N–H and O–H groups in total. The predicted octanol–water partition coefficient (Wildman–Crippen LogP) is -1.01. The summed E-state index contributed by atoms with van der Waals surface area (Å²) >= 11 is 0. The van der Waals surface area contributed by atoms with E-state index in [9.17, 15) is 0 Å². The van der Waals surface area contributed by atoms with Gasteiger partial charge in [-0.2, -0.15) is 0 Å². The molecule has 0 spiro atoms. The van der Waals surface area contributed by atoms with Crippen LogP contribution >= 0.6 is 7.71 Å². The van der Waals surface area contributed by atoms with Crippen LogP contribution in [-0.2, 0) is 0 Å². The van der Waals surface area contributed by atoms with Crippen molar-refractivity contribution in [2.24, 2.45) is 16.5 Å². The third-order valence-electron chi connectivity index (χ3n) is 0. The third-order valence-corrected chi connectivity index (χ3v) is 0. The first-order valence-electron chi connectivity index (χ1n) is 1.37. The van der Waals surface area contributed by atoms with Gasteiger partial charge in [0, 0.05) is 0 Å². The van der Waals surface area contributed by atoms with Gasteiger partial charge in [-0.3, -0.25) is 0 Å². The first kappa shape index (κ1) is 5.31. The van der Waals surface area contributed by atoms with Crippen molar-refractivity contribution in [1.82, 2.24) is 0 Å². The van der Waals surface area contributed by atoms with E-state index in [4.69, 9.17) is 16.5 Å². The second kappa shape index (κ2) is 1.19. The van der Waals surface area contributed by atoms with Gasteiger partial charge in [-0.1, -0.05) is 0 Å². The zero-order valence-corrected chi connectivity index (χ0v) is 4.23. The Balaban J connectivity index is 3.02. The molecule has 3 nitrogen and oxygen atoms in total. The van der Waals surface area contributed by atoms with Crippen LogP contribution in [0.3, 0.4) is 0 Å². The minimum absolute atomic E-state index is 1.66. The van der Waals surface area contributed by atoms with Crippen molar-refractivity contribution < 1.29 is 0 Å². The van der Waals surface area contributed by atoms with E-state index in [0.29, 0.717) is 0 Å². The first-order chi connectivity index (χ1) is 2.00. The Morgan fingerprint density at radius 1 is 1.20 bits per heavy atom. The summed E-state index contributed by atoms with van der Waals surface area (Å²) in [5, 5.41) is 0. The minimum atomic E-state index is -2.11. The molecule has 5 heavy (non-hydrogen) atoms. The molecule has 0 unspecified atom stereocenters. The normalized spacial score (nSPS) is 15.2. The van der Waals surface area contributed by atoms with Crippen molar-refractivity contribution in [2.75, 3.05) is 6.66 Å². The van der Waals surface area contributed by atoms with Crippen LogP contribution in [0.2, 0.25) is 0 Å². The van der Waals surface area contributed by atoms with Crippen LogP contribution < -0.4 is 16.5 Å². The molecule has 0 aliphatic carbocycles. The molecule has 0 aliphatic rings. The van der Waals surface area contributed by atoms with E-state index in [1.807, 2.05) is 0 Å². The molecule has 34 valence electrons. The Hall–Kier alpha value is 0.310. The number of nitrogens with two attached hydrogens (primary N) is 3. The van der Waals surface area contributed by atoms with Gasteiger partial charge in [-0.15, -0.1) is 0 Å². The topological polar surface area (TPSA) is 78.1 Å². The van der Waals surface area contributed by atoms with Crippen LogP contribution in [0.4, 0.5) is 0 Å². The summed E-state index contributed by atoms with van der Waals surface area (Å²) in [5.41, 5.74) is 15.1. The number of rotatable bonds is 0. The molecule has 0 rings (SSSR count). The van der Waals surface area contributed by atoms with Crippen LogP contribution in [0.5, 0.6) is 0 Å². The van der Waals surface area contributed by atoms with E-state index in [2.05, 4.69) is 0 Å². The molecule has 0 radical (unpaired) electrons. The standard InChI is InChI=1S/CH10N3P/c1-5(2,3)4/h5H,2-4H2,1H3. The van der Waals surface area contributed by atoms with E-state index >= 15 is 0 Å². The van der Waals surface area contributed by atoms with E-state index < -0.39 is 7.71 Å². The van der Waals surface area contributed by atoms with E-state index in [0.717, 1.165) is 0 Å². The molecule has 0 bridgehead atoms. The summed E-state index contributed by atoms with van der Waals surface area (Å²) in [7, 11) is -2.11. The van der Waals surface area contributed by atoms with E-state index in [1.54, 1.807) is 6.66 Å². The van der Waals surface area contributed by atoms with Crippen LogP contribution in [-0.4, -0.2) is 6.66 Å². The van der Waals surface area contributed by atoms with Crippen molar-refractivity contribution in [2.45, 2.75) is 0 Å². The summed E-state index contributed by atoms with van der Waals surface area (Å²) in [5.74, 6) is 0. The zero-order valence-electron chi connectivity index (χ0n) is 3.23. The van der Waals surface area contributed by atoms with Crippen LogP contribution in [0, 0.1) is 0 Å². The van der Waals surface area contributed by atoms with E-state index in [-0.39, 0.29) is 0 Å². The predicted molar refractivity (Wildman–Crippen MR) is 26.8 cm³/mol. The molecular weight excluding hydrogens is 85.0 g/mol. The Morgan fingerprint density at radius 3 is 1.20 bits per heavy atom. The Bertz CT molecular complexity index is 22.4. The fourth-order valence-corrected chi connectivity index (χ4v) is 0. The molecule has 0 saturated carbocycles. The molecule has 0 saturated heterocycles. The maximum absolute atomic E-state index is 5.05. The van der Waals surface area contributed by atoms with Gasteiger partial charge in [0.15, 0.2) is 0 Å². The Labute approximate surface area is 32.0 Å². The molecule has 0 fully saturated rings. The fraction of sp³-hybridized carbons (Fsp3) is 1.00. The van der Waals surface area contributed by atoms with Crippen molar-refractivity contribution in [3.8, 4) is 0 Å². The van der Waals surface area contributed by atoms with Crippen molar-refractivity contribution in [1.29, 1.82) is 0 Å². The first-order valence-corrected chi connectivity index (χ1v) is 4.10. The molecular formula is CH10N3P. The van der Waals surface area contributed by atoms with Gasteiger partial charge in [-0.25, -0.2) is 0 Å². The summed E-state index contributed by atoms with van der Waals surface area (Å²) in [6, 6.07) is 0. The molecule has 0 heterocycles. The fourth-order valence-electron chi connectivity index (χ4n) is 0. The summed E-state index contributed by atoms with van der Waals surface area (Å²) in [4.78, 5) is 0. The summed E-state index contributed by atoms with van der Waals surface area (Å²) < 4.78 is 0. The Morgan fingerprint density at radius 2 is 1.20 bits per heavy atom. The summed E-state index contributed by atoms with van der Waals surface area (Å²) in [6.07, 6.45) is 0. The molecule has 0 aliphatic heterocycles. The third kappa shape index (κ3) is 239. The van der Waals surface area contributed by atoms with Gasteiger partial charge >= 0.3 is 30.9 Å². The molecule has 0 aromatic carbocycles. The molecule has 4 heteroatoms. The average Bonchev–Trinajstić information content (AvgIpc) is 0.722. The SMILES string of the molecule is C[PH](N)(N)N. The second-order valence-electron chi connectivity index (χ2n) is 1.37. The monoisotopic (exact) mass is 95.1 g/mol. The van der Waals surface area contributed by atoms with Gasteiger partial charge in [0.25, 0.3) is 0 Å². The van der Waals surface area contributed by atoms with Crippen LogP contribution in [0.15, 0.2) is 0 Å². The summed E-state index contributed by atoms with van der Waals surface area (Å²) in [6.45, 7) is 1.66. The zero-order chi connectivity index (χ0) is 4.50. The van der Waals surface area contributed by atoms with Crippen LogP contribution in [0.25, 0.3) is 0 Å². The quantitative estimate of drug-likeness (QED) is 0.337.